The summed E-state index contributed by atoms with van der Waals surface area (Å²) in [6.07, 6.45) is 50.0. The molecule has 0 spiro atoms. The van der Waals surface area contributed by atoms with Gasteiger partial charge in [0.15, 0.2) is 0 Å². The fourth-order valence-electron chi connectivity index (χ4n) is 6.79. The number of unbranched alkanes of at least 4 members (excludes halogenated alkanes) is 34. The number of carbonyl (C=O) groups is 2. The van der Waals surface area contributed by atoms with Crippen LogP contribution in [0.1, 0.15) is 258 Å². The highest BCUT2D eigenvalue weighted by atomic mass is 16.2. The van der Waals surface area contributed by atoms with Crippen LogP contribution in [-0.4, -0.2) is 18.5 Å². The van der Waals surface area contributed by atoms with E-state index in [1.54, 1.807) is 0 Å². The van der Waals surface area contributed by atoms with Gasteiger partial charge in [0.05, 0.1) is 6.67 Å². The summed E-state index contributed by atoms with van der Waals surface area (Å²) in [7, 11) is 0. The lowest BCUT2D eigenvalue weighted by molar-refractivity contribution is -0.123. The molecule has 0 heterocycles. The summed E-state index contributed by atoms with van der Waals surface area (Å²) in [6.45, 7) is 4.85. The molecule has 0 bridgehead atoms. The van der Waals surface area contributed by atoms with Crippen LogP contribution in [0.3, 0.4) is 0 Å². The fraction of sp³-hybridized carbons (Fsp3) is 0.953. The Labute approximate surface area is 295 Å². The summed E-state index contributed by atoms with van der Waals surface area (Å²) in [6, 6.07) is 0. The average Bonchev–Trinajstić information content (AvgIpc) is 3.07. The summed E-state index contributed by atoms with van der Waals surface area (Å²) in [5, 5.41) is 5.72. The third-order valence-electron chi connectivity index (χ3n) is 10.1. The highest BCUT2D eigenvalue weighted by Gasteiger charge is 2.04. The highest BCUT2D eigenvalue weighted by Crippen LogP contribution is 2.16. The normalized spacial score (nSPS) is 11.3. The van der Waals surface area contributed by atoms with E-state index in [-0.39, 0.29) is 18.5 Å². The molecule has 4 nitrogen and oxygen atoms in total. The molecule has 0 fully saturated rings. The van der Waals surface area contributed by atoms with Gasteiger partial charge in [-0.1, -0.05) is 232 Å². The number of rotatable bonds is 40. The maximum atomic E-state index is 12.1. The number of hydrogen-bond donors (Lipinski definition) is 2. The van der Waals surface area contributed by atoms with Crippen molar-refractivity contribution in [1.29, 1.82) is 0 Å². The van der Waals surface area contributed by atoms with Crippen LogP contribution in [0.5, 0.6) is 0 Å². The van der Waals surface area contributed by atoms with E-state index in [0.717, 1.165) is 25.7 Å². The van der Waals surface area contributed by atoms with Crippen molar-refractivity contribution in [2.24, 2.45) is 0 Å². The lowest BCUT2D eigenvalue weighted by Crippen LogP contribution is -2.37. The first-order chi connectivity index (χ1) is 23.2. The molecule has 2 amide bonds. The highest BCUT2D eigenvalue weighted by molar-refractivity contribution is 5.78. The second kappa shape index (κ2) is 41.1. The van der Waals surface area contributed by atoms with E-state index in [1.165, 1.54) is 205 Å². The van der Waals surface area contributed by atoms with Gasteiger partial charge >= 0.3 is 0 Å². The van der Waals surface area contributed by atoms with Gasteiger partial charge < -0.3 is 10.6 Å². The molecule has 0 radical (unpaired) electrons. The van der Waals surface area contributed by atoms with Crippen molar-refractivity contribution in [3.63, 3.8) is 0 Å². The molecular weight excluding hydrogens is 576 g/mol. The van der Waals surface area contributed by atoms with Crippen LogP contribution in [0.25, 0.3) is 0 Å². The molecule has 0 aliphatic rings. The molecule has 0 aliphatic heterocycles. The van der Waals surface area contributed by atoms with Gasteiger partial charge in [0.1, 0.15) is 0 Å². The molecule has 0 saturated heterocycles. The molecule has 0 rings (SSSR count). The van der Waals surface area contributed by atoms with Crippen LogP contribution >= 0.6 is 0 Å². The Hall–Kier alpha value is -1.06. The van der Waals surface area contributed by atoms with E-state index in [9.17, 15) is 9.59 Å². The maximum Gasteiger partial charge on any atom is 0.221 e. The van der Waals surface area contributed by atoms with E-state index < -0.39 is 0 Å². The van der Waals surface area contributed by atoms with Crippen molar-refractivity contribution in [2.45, 2.75) is 258 Å². The number of hydrogen-bond acceptors (Lipinski definition) is 2. The maximum absolute atomic E-state index is 12.1. The van der Waals surface area contributed by atoms with Crippen molar-refractivity contribution in [1.82, 2.24) is 10.6 Å². The van der Waals surface area contributed by atoms with Crippen LogP contribution in [0.4, 0.5) is 0 Å². The summed E-state index contributed by atoms with van der Waals surface area (Å²) in [5.74, 6) is 0.129. The molecule has 0 aromatic rings. The molecule has 0 atom stereocenters. The molecule has 0 unspecified atom stereocenters. The van der Waals surface area contributed by atoms with Gasteiger partial charge in [-0.05, 0) is 12.8 Å². The molecule has 280 valence electrons. The Morgan fingerprint density at radius 3 is 0.638 bits per heavy atom. The Kier molecular flexibility index (Phi) is 40.2. The Morgan fingerprint density at radius 1 is 0.277 bits per heavy atom. The zero-order valence-corrected chi connectivity index (χ0v) is 32.4. The van der Waals surface area contributed by atoms with Crippen molar-refractivity contribution >= 4 is 11.8 Å². The van der Waals surface area contributed by atoms with Crippen molar-refractivity contribution in [3.8, 4) is 0 Å². The molecule has 2 N–H and O–H groups in total. The lowest BCUT2D eigenvalue weighted by Gasteiger charge is -2.08. The Bertz CT molecular complexity index is 623. The molecule has 47 heavy (non-hydrogen) atoms. The van der Waals surface area contributed by atoms with Crippen LogP contribution in [0.2, 0.25) is 0 Å². The predicted octanol–water partition coefficient (Wildman–Crippen LogP) is 14.0. The third-order valence-corrected chi connectivity index (χ3v) is 10.1. The summed E-state index contributed by atoms with van der Waals surface area (Å²) >= 11 is 0. The van der Waals surface area contributed by atoms with Gasteiger partial charge in [0.25, 0.3) is 0 Å². The van der Waals surface area contributed by atoms with Gasteiger partial charge in [0.2, 0.25) is 11.8 Å². The standard InChI is InChI=1S/C43H86N2O2/c1-3-5-7-9-11-13-15-17-19-20-21-22-23-24-26-28-30-32-34-36-38-40-43(47)45-41-44-42(46)39-37-35-33-31-29-27-25-18-16-14-12-10-8-6-4-2/h3-41H2,1-2H3,(H,44,46)(H,45,47). The summed E-state index contributed by atoms with van der Waals surface area (Å²) < 4.78 is 0. The van der Waals surface area contributed by atoms with E-state index >= 15 is 0 Å². The van der Waals surface area contributed by atoms with Crippen LogP contribution in [0.15, 0.2) is 0 Å². The minimum absolute atomic E-state index is 0.0640. The van der Waals surface area contributed by atoms with E-state index in [0.29, 0.717) is 12.8 Å². The molecule has 0 aromatic heterocycles. The second-order valence-electron chi connectivity index (χ2n) is 14.9. The zero-order valence-electron chi connectivity index (χ0n) is 32.4. The van der Waals surface area contributed by atoms with Gasteiger partial charge in [-0.2, -0.15) is 0 Å². The minimum Gasteiger partial charge on any atom is -0.339 e. The first-order valence-corrected chi connectivity index (χ1v) is 21.7. The van der Waals surface area contributed by atoms with Gasteiger partial charge in [-0.25, -0.2) is 0 Å². The molecular formula is C43H86N2O2. The molecule has 4 heteroatoms. The predicted molar refractivity (Wildman–Crippen MR) is 208 cm³/mol. The number of amides is 2. The van der Waals surface area contributed by atoms with Crippen molar-refractivity contribution < 1.29 is 9.59 Å². The topological polar surface area (TPSA) is 58.2 Å². The molecule has 0 aliphatic carbocycles. The SMILES string of the molecule is CCCCCCCCCCCCCCCCCCCCCCCC(=O)NCNC(=O)CCCCCCCCCCCCCCCCC. The first kappa shape index (κ1) is 45.9. The van der Waals surface area contributed by atoms with E-state index in [1.807, 2.05) is 0 Å². The first-order valence-electron chi connectivity index (χ1n) is 21.7. The Balaban J connectivity index is 3.24. The number of nitrogens with one attached hydrogen (secondary N) is 2. The van der Waals surface area contributed by atoms with Crippen LogP contribution in [0, 0.1) is 0 Å². The smallest absolute Gasteiger partial charge is 0.221 e. The molecule has 0 aromatic carbocycles. The zero-order chi connectivity index (χ0) is 34.1. The van der Waals surface area contributed by atoms with Gasteiger partial charge in [0, 0.05) is 12.8 Å². The third kappa shape index (κ3) is 41.0. The van der Waals surface area contributed by atoms with Crippen LogP contribution in [-0.2, 0) is 9.59 Å². The van der Waals surface area contributed by atoms with E-state index in [2.05, 4.69) is 24.5 Å². The monoisotopic (exact) mass is 663 g/mol. The quantitative estimate of drug-likeness (QED) is 0.0507. The van der Waals surface area contributed by atoms with Crippen molar-refractivity contribution in [3.05, 3.63) is 0 Å². The Morgan fingerprint density at radius 2 is 0.447 bits per heavy atom. The largest absolute Gasteiger partial charge is 0.339 e. The molecule has 0 saturated carbocycles. The average molecular weight is 663 g/mol. The fourth-order valence-corrected chi connectivity index (χ4v) is 6.79. The van der Waals surface area contributed by atoms with E-state index in [4.69, 9.17) is 0 Å². The second-order valence-corrected chi connectivity index (χ2v) is 14.9. The van der Waals surface area contributed by atoms with Gasteiger partial charge in [-0.3, -0.25) is 9.59 Å². The van der Waals surface area contributed by atoms with Crippen LogP contribution < -0.4 is 10.6 Å². The summed E-state index contributed by atoms with van der Waals surface area (Å²) in [4.78, 5) is 24.1. The van der Waals surface area contributed by atoms with Crippen molar-refractivity contribution in [2.75, 3.05) is 6.67 Å². The number of carbonyl (C=O) groups excluding carboxylic acids is 2. The summed E-state index contributed by atoms with van der Waals surface area (Å²) in [5.41, 5.74) is 0. The minimum atomic E-state index is 0.0640. The lowest BCUT2D eigenvalue weighted by atomic mass is 10.0. The van der Waals surface area contributed by atoms with Gasteiger partial charge in [-0.15, -0.1) is 0 Å².